The van der Waals surface area contributed by atoms with Gasteiger partial charge in [-0.2, -0.15) is 0 Å². The predicted octanol–water partition coefficient (Wildman–Crippen LogP) is 3.79. The molecule has 0 radical (unpaired) electrons. The van der Waals surface area contributed by atoms with Gasteiger partial charge in [0.2, 0.25) is 5.91 Å². The minimum absolute atomic E-state index is 0.0648. The Balaban J connectivity index is 2.02. The normalized spacial score (nSPS) is 10.6. The van der Waals surface area contributed by atoms with Crippen molar-refractivity contribution >= 4 is 22.4 Å². The molecule has 4 nitrogen and oxygen atoms in total. The Kier molecular flexibility index (Phi) is 5.47. The number of hydrogen-bond acceptors (Lipinski definition) is 4. The zero-order valence-electron chi connectivity index (χ0n) is 12.6. The Hall–Kier alpha value is -1.72. The van der Waals surface area contributed by atoms with Gasteiger partial charge >= 0.3 is 0 Å². The van der Waals surface area contributed by atoms with E-state index in [4.69, 9.17) is 4.74 Å². The van der Waals surface area contributed by atoms with Crippen molar-refractivity contribution in [1.82, 2.24) is 4.98 Å². The molecule has 1 aromatic carbocycles. The fourth-order valence-electron chi connectivity index (χ4n) is 2.05. The second kappa shape index (κ2) is 7.33. The van der Waals surface area contributed by atoms with E-state index in [0.29, 0.717) is 24.8 Å². The lowest BCUT2D eigenvalue weighted by Gasteiger charge is -2.04. The zero-order chi connectivity index (χ0) is 15.2. The van der Waals surface area contributed by atoms with Crippen LogP contribution in [0.25, 0.3) is 11.3 Å². The van der Waals surface area contributed by atoms with Gasteiger partial charge in [-0.05, 0) is 26.3 Å². The van der Waals surface area contributed by atoms with Crippen molar-refractivity contribution in [3.63, 3.8) is 0 Å². The van der Waals surface area contributed by atoms with Crippen molar-refractivity contribution in [2.75, 3.05) is 18.5 Å². The first kappa shape index (κ1) is 15.7. The van der Waals surface area contributed by atoms with Crippen molar-refractivity contribution in [2.45, 2.75) is 27.2 Å². The molecule has 0 saturated carbocycles. The Morgan fingerprint density at radius 2 is 2.19 bits per heavy atom. The summed E-state index contributed by atoms with van der Waals surface area (Å²) >= 11 is 1.44. The molecular formula is C16H20N2O2S. The Morgan fingerprint density at radius 3 is 2.90 bits per heavy atom. The summed E-state index contributed by atoms with van der Waals surface area (Å²) in [4.78, 5) is 16.2. The molecule has 1 N–H and O–H groups in total. The first-order valence-electron chi connectivity index (χ1n) is 7.01. The molecule has 1 heterocycles. The van der Waals surface area contributed by atoms with Crippen LogP contribution in [0.4, 0.5) is 5.13 Å². The summed E-state index contributed by atoms with van der Waals surface area (Å²) in [6.07, 6.45) is 0.353. The first-order chi connectivity index (χ1) is 10.1. The standard InChI is InChI=1S/C16H20N2O2S/c1-4-20-8-7-15(19)18-16-17-14(10-21-16)13-6-5-11(2)9-12(13)3/h5-6,9-10H,4,7-8H2,1-3H3,(H,17,18,19). The van der Waals surface area contributed by atoms with E-state index in [1.807, 2.05) is 12.3 Å². The highest BCUT2D eigenvalue weighted by Gasteiger charge is 2.09. The fraction of sp³-hybridized carbons (Fsp3) is 0.375. The van der Waals surface area contributed by atoms with E-state index in [2.05, 4.69) is 42.3 Å². The van der Waals surface area contributed by atoms with Gasteiger partial charge in [0.15, 0.2) is 5.13 Å². The van der Waals surface area contributed by atoms with E-state index < -0.39 is 0 Å². The Labute approximate surface area is 129 Å². The van der Waals surface area contributed by atoms with Gasteiger partial charge in [-0.3, -0.25) is 4.79 Å². The maximum atomic E-state index is 11.7. The molecule has 0 fully saturated rings. The largest absolute Gasteiger partial charge is 0.381 e. The molecule has 0 aliphatic heterocycles. The van der Waals surface area contributed by atoms with Crippen LogP contribution in [0, 0.1) is 13.8 Å². The summed E-state index contributed by atoms with van der Waals surface area (Å²) in [6.45, 7) is 7.12. The molecule has 0 unspecified atom stereocenters. The number of nitrogens with zero attached hydrogens (tertiary/aromatic N) is 1. The van der Waals surface area contributed by atoms with Gasteiger partial charge in [0.05, 0.1) is 18.7 Å². The van der Waals surface area contributed by atoms with Crippen LogP contribution in [-0.2, 0) is 9.53 Å². The summed E-state index contributed by atoms with van der Waals surface area (Å²) in [5, 5.41) is 5.41. The number of amides is 1. The molecule has 0 bridgehead atoms. The van der Waals surface area contributed by atoms with Gasteiger partial charge < -0.3 is 10.1 Å². The molecule has 1 aromatic heterocycles. The monoisotopic (exact) mass is 304 g/mol. The quantitative estimate of drug-likeness (QED) is 0.826. The Bertz CT molecular complexity index is 622. The number of aryl methyl sites for hydroxylation is 2. The minimum Gasteiger partial charge on any atom is -0.381 e. The zero-order valence-corrected chi connectivity index (χ0v) is 13.4. The van der Waals surface area contributed by atoms with Crippen LogP contribution in [0.5, 0.6) is 0 Å². The molecule has 0 aliphatic rings. The number of thiazole rings is 1. The van der Waals surface area contributed by atoms with Crippen LogP contribution in [-0.4, -0.2) is 24.1 Å². The van der Waals surface area contributed by atoms with Crippen LogP contribution in [0.15, 0.2) is 23.6 Å². The number of nitrogens with one attached hydrogen (secondary N) is 1. The highest BCUT2D eigenvalue weighted by Crippen LogP contribution is 2.27. The van der Waals surface area contributed by atoms with Crippen LogP contribution < -0.4 is 5.32 Å². The van der Waals surface area contributed by atoms with E-state index in [1.54, 1.807) is 0 Å². The van der Waals surface area contributed by atoms with E-state index in [1.165, 1.54) is 22.5 Å². The number of aromatic nitrogens is 1. The maximum Gasteiger partial charge on any atom is 0.228 e. The number of ether oxygens (including phenoxy) is 1. The molecule has 2 rings (SSSR count). The van der Waals surface area contributed by atoms with Crippen molar-refractivity contribution in [3.05, 3.63) is 34.7 Å². The number of benzene rings is 1. The van der Waals surface area contributed by atoms with E-state index >= 15 is 0 Å². The lowest BCUT2D eigenvalue weighted by molar-refractivity contribution is -0.117. The lowest BCUT2D eigenvalue weighted by Crippen LogP contribution is -2.13. The first-order valence-corrected chi connectivity index (χ1v) is 7.89. The lowest BCUT2D eigenvalue weighted by atomic mass is 10.0. The molecule has 0 aliphatic carbocycles. The Morgan fingerprint density at radius 1 is 1.38 bits per heavy atom. The van der Waals surface area contributed by atoms with Gasteiger partial charge in [-0.25, -0.2) is 4.98 Å². The van der Waals surface area contributed by atoms with Crippen LogP contribution >= 0.6 is 11.3 Å². The van der Waals surface area contributed by atoms with Crippen molar-refractivity contribution < 1.29 is 9.53 Å². The molecule has 5 heteroatoms. The van der Waals surface area contributed by atoms with Crippen molar-refractivity contribution in [1.29, 1.82) is 0 Å². The van der Waals surface area contributed by atoms with E-state index in [0.717, 1.165) is 11.3 Å². The predicted molar refractivity (Wildman–Crippen MR) is 86.8 cm³/mol. The van der Waals surface area contributed by atoms with Gasteiger partial charge in [-0.15, -0.1) is 11.3 Å². The van der Waals surface area contributed by atoms with Gasteiger partial charge in [0.1, 0.15) is 0 Å². The summed E-state index contributed by atoms with van der Waals surface area (Å²) in [7, 11) is 0. The molecule has 0 spiro atoms. The molecular weight excluding hydrogens is 284 g/mol. The SMILES string of the molecule is CCOCCC(=O)Nc1nc(-c2ccc(C)cc2C)cs1. The maximum absolute atomic E-state index is 11.7. The van der Waals surface area contributed by atoms with Crippen molar-refractivity contribution in [3.8, 4) is 11.3 Å². The third kappa shape index (κ3) is 4.37. The fourth-order valence-corrected chi connectivity index (χ4v) is 2.77. The number of hydrogen-bond donors (Lipinski definition) is 1. The van der Waals surface area contributed by atoms with E-state index in [-0.39, 0.29) is 5.91 Å². The van der Waals surface area contributed by atoms with Crippen LogP contribution in [0.3, 0.4) is 0 Å². The minimum atomic E-state index is -0.0648. The van der Waals surface area contributed by atoms with E-state index in [9.17, 15) is 4.79 Å². The number of rotatable bonds is 6. The average molecular weight is 304 g/mol. The smallest absolute Gasteiger partial charge is 0.228 e. The molecule has 112 valence electrons. The molecule has 2 aromatic rings. The topological polar surface area (TPSA) is 51.2 Å². The summed E-state index contributed by atoms with van der Waals surface area (Å²) < 4.78 is 5.17. The van der Waals surface area contributed by atoms with Gasteiger partial charge in [0, 0.05) is 17.6 Å². The second-order valence-corrected chi connectivity index (χ2v) is 5.71. The summed E-state index contributed by atoms with van der Waals surface area (Å²) in [5.41, 5.74) is 4.43. The number of carbonyl (C=O) groups excluding carboxylic acids is 1. The van der Waals surface area contributed by atoms with Crippen LogP contribution in [0.2, 0.25) is 0 Å². The molecule has 0 saturated heterocycles. The molecule has 1 amide bonds. The summed E-state index contributed by atoms with van der Waals surface area (Å²) in [6, 6.07) is 6.28. The highest BCUT2D eigenvalue weighted by atomic mass is 32.1. The van der Waals surface area contributed by atoms with Crippen molar-refractivity contribution in [2.24, 2.45) is 0 Å². The average Bonchev–Trinajstić information content (AvgIpc) is 2.87. The van der Waals surface area contributed by atoms with Gasteiger partial charge in [-0.1, -0.05) is 23.8 Å². The highest BCUT2D eigenvalue weighted by molar-refractivity contribution is 7.14. The number of anilines is 1. The number of carbonyl (C=O) groups is 1. The molecule has 21 heavy (non-hydrogen) atoms. The second-order valence-electron chi connectivity index (χ2n) is 4.85. The third-order valence-electron chi connectivity index (χ3n) is 3.09. The van der Waals surface area contributed by atoms with Crippen LogP contribution in [0.1, 0.15) is 24.5 Å². The molecule has 0 atom stereocenters. The summed E-state index contributed by atoms with van der Waals surface area (Å²) in [5.74, 6) is -0.0648. The van der Waals surface area contributed by atoms with Gasteiger partial charge in [0.25, 0.3) is 0 Å². The third-order valence-corrected chi connectivity index (χ3v) is 3.84.